The summed E-state index contributed by atoms with van der Waals surface area (Å²) in [5.74, 6) is 2.26. The van der Waals surface area contributed by atoms with E-state index in [-0.39, 0.29) is 0 Å². The molecule has 102 valence electrons. The topological polar surface area (TPSA) is 43.6 Å². The number of benzene rings is 1. The molecule has 0 aliphatic carbocycles. The highest BCUT2D eigenvalue weighted by molar-refractivity contribution is 6.30. The van der Waals surface area contributed by atoms with Crippen molar-refractivity contribution in [1.29, 1.82) is 0 Å². The average molecular weight is 287 g/mol. The van der Waals surface area contributed by atoms with Crippen LogP contribution in [0, 0.1) is 5.92 Å². The monoisotopic (exact) mass is 286 g/mol. The Hall–Kier alpha value is -1.94. The number of hydrogen-bond donors (Lipinski definition) is 0. The zero-order chi connectivity index (χ0) is 14.1. The van der Waals surface area contributed by atoms with Crippen LogP contribution in [0.4, 0.5) is 0 Å². The minimum Gasteiger partial charge on any atom is -0.308 e. The van der Waals surface area contributed by atoms with Crippen molar-refractivity contribution in [3.63, 3.8) is 0 Å². The number of aromatic nitrogens is 4. The summed E-state index contributed by atoms with van der Waals surface area (Å²) in [6.45, 7) is 5.20. The van der Waals surface area contributed by atoms with Gasteiger partial charge in [-0.15, -0.1) is 5.10 Å². The minimum atomic E-state index is 0.496. The molecule has 0 atom stereocenters. The molecule has 2 aliphatic heterocycles. The third kappa shape index (κ3) is 2.39. The molecule has 0 amide bonds. The number of fused-ring (bicyclic) bond motifs is 1. The number of hydrogen-bond acceptors (Lipinski definition) is 3. The Balaban J connectivity index is 2.18. The van der Waals surface area contributed by atoms with Crippen LogP contribution in [-0.4, -0.2) is 19.7 Å². The summed E-state index contributed by atoms with van der Waals surface area (Å²) in [6, 6.07) is 7.70. The Bertz CT molecular complexity index is 688. The van der Waals surface area contributed by atoms with Gasteiger partial charge in [0.1, 0.15) is 5.82 Å². The Morgan fingerprint density at radius 2 is 1.80 bits per heavy atom. The molecule has 0 N–H and O–H groups in total. The summed E-state index contributed by atoms with van der Waals surface area (Å²) in [7, 11) is 0. The van der Waals surface area contributed by atoms with E-state index >= 15 is 0 Å². The van der Waals surface area contributed by atoms with Crippen molar-refractivity contribution in [2.75, 3.05) is 0 Å². The summed E-state index contributed by atoms with van der Waals surface area (Å²) in [5.41, 5.74) is 1.99. The first-order valence-electron chi connectivity index (χ1n) is 6.58. The molecule has 20 heavy (non-hydrogen) atoms. The minimum absolute atomic E-state index is 0.496. The van der Waals surface area contributed by atoms with Gasteiger partial charge in [-0.25, -0.2) is 4.98 Å². The number of rotatable bonds is 3. The smallest absolute Gasteiger partial charge is 0.167 e. The standard InChI is InChI=1S/C15H15ClN4/c1-10(2)9-20-14(11-3-5-13(16)6-4-11)17-7-12-8-18-19-15(12)20/h3-8,10H,9H2,1-2H3. The normalized spacial score (nSPS) is 11.4. The van der Waals surface area contributed by atoms with Crippen molar-refractivity contribution in [2.45, 2.75) is 20.4 Å². The van der Waals surface area contributed by atoms with Gasteiger partial charge in [0.25, 0.3) is 0 Å². The van der Waals surface area contributed by atoms with E-state index in [1.807, 2.05) is 30.5 Å². The predicted octanol–water partition coefficient (Wildman–Crippen LogP) is 3.75. The van der Waals surface area contributed by atoms with Crippen molar-refractivity contribution < 1.29 is 0 Å². The van der Waals surface area contributed by atoms with Crippen molar-refractivity contribution in [1.82, 2.24) is 19.7 Å². The van der Waals surface area contributed by atoms with Crippen LogP contribution >= 0.6 is 11.6 Å². The number of halogens is 1. The second-order valence-electron chi connectivity index (χ2n) is 5.22. The van der Waals surface area contributed by atoms with Crippen LogP contribution in [0.1, 0.15) is 13.8 Å². The van der Waals surface area contributed by atoms with Gasteiger partial charge in [-0.3, -0.25) is 0 Å². The van der Waals surface area contributed by atoms with Crippen molar-refractivity contribution in [3.05, 3.63) is 41.7 Å². The van der Waals surface area contributed by atoms with Crippen molar-refractivity contribution >= 4 is 11.6 Å². The van der Waals surface area contributed by atoms with E-state index in [9.17, 15) is 0 Å². The zero-order valence-electron chi connectivity index (χ0n) is 11.4. The first-order valence-corrected chi connectivity index (χ1v) is 6.96. The molecule has 0 radical (unpaired) electrons. The lowest BCUT2D eigenvalue weighted by Gasteiger charge is -2.17. The van der Waals surface area contributed by atoms with Crippen LogP contribution in [0.3, 0.4) is 0 Å². The molecule has 0 saturated carbocycles. The molecule has 1 aromatic carbocycles. The second-order valence-corrected chi connectivity index (χ2v) is 5.65. The first kappa shape index (κ1) is 13.1. The van der Waals surface area contributed by atoms with E-state index in [0.717, 1.165) is 34.3 Å². The average Bonchev–Trinajstić information content (AvgIpc) is 2.88. The highest BCUT2D eigenvalue weighted by Gasteiger charge is 2.16. The fourth-order valence-electron chi connectivity index (χ4n) is 2.23. The molecule has 0 spiro atoms. The second kappa shape index (κ2) is 5.21. The maximum Gasteiger partial charge on any atom is 0.167 e. The molecule has 0 fully saturated rings. The molecule has 0 saturated heterocycles. The van der Waals surface area contributed by atoms with Gasteiger partial charge in [0.2, 0.25) is 0 Å². The molecule has 0 unspecified atom stereocenters. The van der Waals surface area contributed by atoms with Crippen molar-refractivity contribution in [2.24, 2.45) is 5.92 Å². The largest absolute Gasteiger partial charge is 0.308 e. The van der Waals surface area contributed by atoms with Crippen LogP contribution in [0.15, 0.2) is 36.7 Å². The maximum absolute atomic E-state index is 5.95. The fourth-order valence-corrected chi connectivity index (χ4v) is 2.36. The first-order chi connectivity index (χ1) is 9.65. The van der Waals surface area contributed by atoms with Gasteiger partial charge in [0.05, 0.1) is 11.8 Å². The van der Waals surface area contributed by atoms with Crippen LogP contribution in [0.25, 0.3) is 22.8 Å². The molecule has 0 bridgehead atoms. The molecular formula is C15H15ClN4. The van der Waals surface area contributed by atoms with Gasteiger partial charge in [0, 0.05) is 23.3 Å². The highest BCUT2D eigenvalue weighted by atomic mass is 35.5. The Labute approximate surface area is 122 Å². The highest BCUT2D eigenvalue weighted by Crippen LogP contribution is 2.27. The summed E-state index contributed by atoms with van der Waals surface area (Å²) in [6.07, 6.45) is 3.56. The summed E-state index contributed by atoms with van der Waals surface area (Å²) in [4.78, 5) is 4.57. The molecule has 0 aromatic heterocycles. The van der Waals surface area contributed by atoms with E-state index < -0.39 is 0 Å². The zero-order valence-corrected chi connectivity index (χ0v) is 12.2. The van der Waals surface area contributed by atoms with Crippen LogP contribution in [-0.2, 0) is 6.54 Å². The third-order valence-corrected chi connectivity index (χ3v) is 3.35. The fraction of sp³-hybridized carbons (Fsp3) is 0.267. The third-order valence-electron chi connectivity index (χ3n) is 3.09. The van der Waals surface area contributed by atoms with Gasteiger partial charge >= 0.3 is 0 Å². The Morgan fingerprint density at radius 3 is 2.50 bits per heavy atom. The lowest BCUT2D eigenvalue weighted by molar-refractivity contribution is 0.519. The molecular weight excluding hydrogens is 272 g/mol. The van der Waals surface area contributed by atoms with Crippen LogP contribution in [0.2, 0.25) is 5.02 Å². The maximum atomic E-state index is 5.95. The summed E-state index contributed by atoms with van der Waals surface area (Å²) >= 11 is 5.95. The van der Waals surface area contributed by atoms with Crippen molar-refractivity contribution in [3.8, 4) is 22.8 Å². The number of nitrogens with zero attached hydrogens (tertiary/aromatic N) is 4. The van der Waals surface area contributed by atoms with Gasteiger partial charge in [0.15, 0.2) is 5.82 Å². The van der Waals surface area contributed by atoms with Crippen LogP contribution < -0.4 is 0 Å². The van der Waals surface area contributed by atoms with Crippen LogP contribution in [0.5, 0.6) is 0 Å². The lowest BCUT2D eigenvalue weighted by atomic mass is 10.1. The molecule has 3 rings (SSSR count). The summed E-state index contributed by atoms with van der Waals surface area (Å²) in [5, 5.41) is 8.93. The van der Waals surface area contributed by atoms with Gasteiger partial charge in [-0.1, -0.05) is 25.4 Å². The van der Waals surface area contributed by atoms with Gasteiger partial charge in [-0.2, -0.15) is 5.10 Å². The molecule has 1 aromatic rings. The van der Waals surface area contributed by atoms with Gasteiger partial charge < -0.3 is 4.57 Å². The predicted molar refractivity (Wildman–Crippen MR) is 79.7 cm³/mol. The molecule has 2 heterocycles. The van der Waals surface area contributed by atoms with E-state index in [0.29, 0.717) is 5.92 Å². The summed E-state index contributed by atoms with van der Waals surface area (Å²) < 4.78 is 2.12. The quantitative estimate of drug-likeness (QED) is 0.736. The lowest BCUT2D eigenvalue weighted by Crippen LogP contribution is -2.13. The van der Waals surface area contributed by atoms with E-state index in [2.05, 4.69) is 33.6 Å². The Morgan fingerprint density at radius 1 is 1.05 bits per heavy atom. The Kier molecular flexibility index (Phi) is 3.40. The SMILES string of the molecule is CC(C)Cn1c(-c2ccc(Cl)cc2)ncc2cnnc1-2. The van der Waals surface area contributed by atoms with E-state index in [1.54, 1.807) is 6.20 Å². The molecule has 2 aliphatic rings. The van der Waals surface area contributed by atoms with Gasteiger partial charge in [-0.05, 0) is 30.2 Å². The van der Waals surface area contributed by atoms with E-state index in [4.69, 9.17) is 11.6 Å². The molecule has 5 heteroatoms. The molecule has 4 nitrogen and oxygen atoms in total. The van der Waals surface area contributed by atoms with E-state index in [1.165, 1.54) is 0 Å².